The Bertz CT molecular complexity index is 682. The van der Waals surface area contributed by atoms with Crippen LogP contribution in [0.2, 0.25) is 5.15 Å². The lowest BCUT2D eigenvalue weighted by molar-refractivity contribution is 0.0812. The van der Waals surface area contributed by atoms with Gasteiger partial charge in [0.1, 0.15) is 16.7 Å². The van der Waals surface area contributed by atoms with Crippen LogP contribution in [0.5, 0.6) is 5.75 Å². The molecule has 0 saturated heterocycles. The number of benzene rings is 1. The van der Waals surface area contributed by atoms with E-state index in [0.29, 0.717) is 19.5 Å². The highest BCUT2D eigenvalue weighted by molar-refractivity contribution is 6.29. The third kappa shape index (κ3) is 5.39. The molecule has 0 bridgehead atoms. The Labute approximate surface area is 153 Å². The Morgan fingerprint density at radius 2 is 1.92 bits per heavy atom. The predicted molar refractivity (Wildman–Crippen MR) is 97.3 cm³/mol. The fourth-order valence-corrected chi connectivity index (χ4v) is 2.78. The average molecular weight is 367 g/mol. The molecule has 1 aromatic heterocycles. The standard InChI is InChI=1S/C19H24ClFN2O2/c1-4-15(24)12-23(11-14-5-7-16(25-3)8-6-14)13(2)19-17(21)9-10-18(20)22-19/h5-10,13,15,24H,4,11-12H2,1-3H3. The van der Waals surface area contributed by atoms with Crippen molar-refractivity contribution in [1.82, 2.24) is 9.88 Å². The van der Waals surface area contributed by atoms with E-state index in [0.717, 1.165) is 11.3 Å². The van der Waals surface area contributed by atoms with Crippen LogP contribution < -0.4 is 4.74 Å². The molecular weight excluding hydrogens is 343 g/mol. The summed E-state index contributed by atoms with van der Waals surface area (Å²) in [6, 6.07) is 10.1. The molecule has 0 saturated carbocycles. The molecule has 1 aromatic carbocycles. The zero-order valence-corrected chi connectivity index (χ0v) is 15.5. The third-order valence-corrected chi connectivity index (χ3v) is 4.45. The summed E-state index contributed by atoms with van der Waals surface area (Å²) in [5, 5.41) is 10.4. The Kier molecular flexibility index (Phi) is 7.17. The molecular formula is C19H24ClFN2O2. The van der Waals surface area contributed by atoms with E-state index in [4.69, 9.17) is 16.3 Å². The van der Waals surface area contributed by atoms with Gasteiger partial charge in [0, 0.05) is 13.1 Å². The van der Waals surface area contributed by atoms with Crippen LogP contribution in [0.25, 0.3) is 0 Å². The van der Waals surface area contributed by atoms with E-state index in [1.54, 1.807) is 7.11 Å². The molecule has 0 aliphatic carbocycles. The molecule has 0 spiro atoms. The second-order valence-electron chi connectivity index (χ2n) is 6.02. The maximum Gasteiger partial charge on any atom is 0.146 e. The van der Waals surface area contributed by atoms with Gasteiger partial charge in [-0.2, -0.15) is 0 Å². The molecule has 1 heterocycles. The van der Waals surface area contributed by atoms with Gasteiger partial charge in [-0.25, -0.2) is 9.37 Å². The minimum Gasteiger partial charge on any atom is -0.497 e. The summed E-state index contributed by atoms with van der Waals surface area (Å²) in [5.41, 5.74) is 1.32. The largest absolute Gasteiger partial charge is 0.497 e. The maximum atomic E-state index is 14.2. The molecule has 0 aliphatic heterocycles. The van der Waals surface area contributed by atoms with E-state index in [-0.39, 0.29) is 16.9 Å². The number of aliphatic hydroxyl groups is 1. The summed E-state index contributed by atoms with van der Waals surface area (Å²) < 4.78 is 19.4. The fraction of sp³-hybridized carbons (Fsp3) is 0.421. The first kappa shape index (κ1) is 19.6. The second-order valence-corrected chi connectivity index (χ2v) is 6.40. The van der Waals surface area contributed by atoms with Crippen LogP contribution >= 0.6 is 11.6 Å². The number of pyridine rings is 1. The molecule has 2 rings (SSSR count). The molecule has 2 atom stereocenters. The Hall–Kier alpha value is -1.69. The highest BCUT2D eigenvalue weighted by Crippen LogP contribution is 2.25. The minimum absolute atomic E-state index is 0.253. The van der Waals surface area contributed by atoms with Gasteiger partial charge in [-0.05, 0) is 43.2 Å². The smallest absolute Gasteiger partial charge is 0.146 e. The van der Waals surface area contributed by atoms with Gasteiger partial charge in [0.15, 0.2) is 0 Å². The van der Waals surface area contributed by atoms with Gasteiger partial charge in [-0.15, -0.1) is 0 Å². The fourth-order valence-electron chi connectivity index (χ4n) is 2.62. The third-order valence-electron chi connectivity index (χ3n) is 4.24. The Balaban J connectivity index is 2.25. The normalized spacial score (nSPS) is 13.7. The number of rotatable bonds is 8. The van der Waals surface area contributed by atoms with Gasteiger partial charge >= 0.3 is 0 Å². The summed E-state index contributed by atoms with van der Waals surface area (Å²) in [6.45, 7) is 4.75. The van der Waals surface area contributed by atoms with E-state index in [1.807, 2.05) is 43.0 Å². The molecule has 6 heteroatoms. The Morgan fingerprint density at radius 1 is 1.24 bits per heavy atom. The number of hydrogen-bond acceptors (Lipinski definition) is 4. The number of halogens is 2. The van der Waals surface area contributed by atoms with Gasteiger partial charge in [0.25, 0.3) is 0 Å². The molecule has 0 aliphatic rings. The lowest BCUT2D eigenvalue weighted by atomic mass is 10.1. The van der Waals surface area contributed by atoms with Gasteiger partial charge < -0.3 is 9.84 Å². The van der Waals surface area contributed by atoms with Crippen LogP contribution in [0.4, 0.5) is 4.39 Å². The molecule has 2 unspecified atom stereocenters. The van der Waals surface area contributed by atoms with Crippen molar-refractivity contribution in [2.75, 3.05) is 13.7 Å². The van der Waals surface area contributed by atoms with Crippen LogP contribution in [0.1, 0.15) is 37.6 Å². The highest BCUT2D eigenvalue weighted by Gasteiger charge is 2.23. The number of aromatic nitrogens is 1. The minimum atomic E-state index is -0.497. The van der Waals surface area contributed by atoms with Crippen LogP contribution in [0, 0.1) is 5.82 Å². The van der Waals surface area contributed by atoms with E-state index in [1.165, 1.54) is 12.1 Å². The zero-order valence-electron chi connectivity index (χ0n) is 14.7. The quantitative estimate of drug-likeness (QED) is 0.710. The molecule has 4 nitrogen and oxygen atoms in total. The van der Waals surface area contributed by atoms with Gasteiger partial charge in [-0.3, -0.25) is 4.90 Å². The SMILES string of the molecule is CCC(O)CN(Cc1ccc(OC)cc1)C(C)c1nc(Cl)ccc1F. The summed E-state index contributed by atoms with van der Waals surface area (Å²) >= 11 is 5.93. The van der Waals surface area contributed by atoms with Gasteiger partial charge in [0.2, 0.25) is 0 Å². The number of ether oxygens (including phenoxy) is 1. The van der Waals surface area contributed by atoms with Crippen molar-refractivity contribution < 1.29 is 14.2 Å². The van der Waals surface area contributed by atoms with Crippen molar-refractivity contribution in [1.29, 1.82) is 0 Å². The first-order valence-corrected chi connectivity index (χ1v) is 8.69. The molecule has 2 aromatic rings. The van der Waals surface area contributed by atoms with Crippen molar-refractivity contribution in [3.05, 3.63) is 58.6 Å². The second kappa shape index (κ2) is 9.13. The number of methoxy groups -OCH3 is 1. The first-order valence-electron chi connectivity index (χ1n) is 8.31. The monoisotopic (exact) mass is 366 g/mol. The summed E-state index contributed by atoms with van der Waals surface area (Å²) in [4.78, 5) is 6.14. The molecule has 136 valence electrons. The topological polar surface area (TPSA) is 45.6 Å². The number of aliphatic hydroxyl groups excluding tert-OH is 1. The van der Waals surface area contributed by atoms with Crippen molar-refractivity contribution >= 4 is 11.6 Å². The Morgan fingerprint density at radius 3 is 2.52 bits per heavy atom. The lowest BCUT2D eigenvalue weighted by Crippen LogP contribution is -2.34. The number of hydrogen-bond donors (Lipinski definition) is 1. The van der Waals surface area contributed by atoms with E-state index < -0.39 is 11.9 Å². The van der Waals surface area contributed by atoms with Crippen molar-refractivity contribution in [2.45, 2.75) is 39.0 Å². The van der Waals surface area contributed by atoms with Gasteiger partial charge in [-0.1, -0.05) is 30.7 Å². The van der Waals surface area contributed by atoms with Crippen LogP contribution in [0.15, 0.2) is 36.4 Å². The highest BCUT2D eigenvalue weighted by atomic mass is 35.5. The molecule has 0 radical (unpaired) electrons. The predicted octanol–water partition coefficient (Wildman–Crippen LogP) is 4.22. The average Bonchev–Trinajstić information content (AvgIpc) is 2.63. The van der Waals surface area contributed by atoms with E-state index >= 15 is 0 Å². The summed E-state index contributed by atoms with van der Waals surface area (Å²) in [5.74, 6) is 0.377. The van der Waals surface area contributed by atoms with Crippen LogP contribution in [-0.2, 0) is 6.54 Å². The zero-order chi connectivity index (χ0) is 18.4. The van der Waals surface area contributed by atoms with E-state index in [9.17, 15) is 9.50 Å². The molecule has 0 amide bonds. The summed E-state index contributed by atoms with van der Waals surface area (Å²) in [7, 11) is 1.62. The summed E-state index contributed by atoms with van der Waals surface area (Å²) in [6.07, 6.45) is 0.125. The van der Waals surface area contributed by atoms with Crippen molar-refractivity contribution in [2.24, 2.45) is 0 Å². The maximum absolute atomic E-state index is 14.2. The van der Waals surface area contributed by atoms with Crippen molar-refractivity contribution in [3.63, 3.8) is 0 Å². The van der Waals surface area contributed by atoms with E-state index in [2.05, 4.69) is 4.98 Å². The molecule has 0 fully saturated rings. The lowest BCUT2D eigenvalue weighted by Gasteiger charge is -2.30. The van der Waals surface area contributed by atoms with Crippen LogP contribution in [0.3, 0.4) is 0 Å². The first-order chi connectivity index (χ1) is 11.9. The molecule has 25 heavy (non-hydrogen) atoms. The van der Waals surface area contributed by atoms with Gasteiger partial charge in [0.05, 0.1) is 24.9 Å². The number of nitrogens with zero attached hydrogens (tertiary/aromatic N) is 2. The molecule has 1 N–H and O–H groups in total. The van der Waals surface area contributed by atoms with Crippen LogP contribution in [-0.4, -0.2) is 34.7 Å². The van der Waals surface area contributed by atoms with Crippen molar-refractivity contribution in [3.8, 4) is 5.75 Å².